The van der Waals surface area contributed by atoms with Crippen LogP contribution in [0, 0.1) is 5.82 Å². The fourth-order valence-electron chi connectivity index (χ4n) is 3.70. The lowest BCUT2D eigenvalue weighted by Gasteiger charge is -2.33. The topological polar surface area (TPSA) is 55.6 Å². The van der Waals surface area contributed by atoms with E-state index in [-0.39, 0.29) is 11.9 Å². The second-order valence-corrected chi connectivity index (χ2v) is 6.05. The Hall–Kier alpha value is -3.02. The van der Waals surface area contributed by atoms with Crippen LogP contribution >= 0.6 is 0 Å². The number of tetrazole rings is 1. The molecule has 24 heavy (non-hydrogen) atoms. The number of hydrogen-bond acceptors (Lipinski definition) is 4. The molecule has 0 spiro atoms. The molecule has 0 fully saturated rings. The molecular formula is C18H14FN5. The van der Waals surface area contributed by atoms with E-state index < -0.39 is 0 Å². The van der Waals surface area contributed by atoms with Crippen LogP contribution in [0.4, 0.5) is 10.3 Å². The Morgan fingerprint density at radius 1 is 1.04 bits per heavy atom. The van der Waals surface area contributed by atoms with Gasteiger partial charge in [0.05, 0.1) is 5.70 Å². The lowest BCUT2D eigenvalue weighted by molar-refractivity contribution is 0.511. The van der Waals surface area contributed by atoms with Gasteiger partial charge in [-0.3, -0.25) is 0 Å². The fraction of sp³-hybridized carbons (Fsp3) is 0.167. The summed E-state index contributed by atoms with van der Waals surface area (Å²) in [5, 5.41) is 15.3. The van der Waals surface area contributed by atoms with Gasteiger partial charge in [0.15, 0.2) is 0 Å². The van der Waals surface area contributed by atoms with Crippen molar-refractivity contribution in [1.29, 1.82) is 0 Å². The molecule has 0 bridgehead atoms. The average molecular weight is 319 g/mol. The number of anilines is 1. The largest absolute Gasteiger partial charge is 0.322 e. The van der Waals surface area contributed by atoms with E-state index >= 15 is 0 Å². The maximum absolute atomic E-state index is 14.5. The molecule has 1 aliphatic heterocycles. The van der Waals surface area contributed by atoms with Gasteiger partial charge >= 0.3 is 0 Å². The maximum atomic E-state index is 14.5. The van der Waals surface area contributed by atoms with Crippen LogP contribution in [0.1, 0.15) is 29.2 Å². The molecule has 1 atom stereocenters. The molecule has 0 radical (unpaired) electrons. The van der Waals surface area contributed by atoms with Gasteiger partial charge in [-0.15, -0.1) is 0 Å². The lowest BCUT2D eigenvalue weighted by Crippen LogP contribution is -2.28. The molecular weight excluding hydrogens is 305 g/mol. The van der Waals surface area contributed by atoms with Crippen molar-refractivity contribution in [3.8, 4) is 0 Å². The molecule has 2 aromatic carbocycles. The van der Waals surface area contributed by atoms with Gasteiger partial charge in [0.25, 0.3) is 0 Å². The molecule has 1 N–H and O–H groups in total. The standard InChI is InChI=1S/C18H14FN5/c19-15-8-4-3-7-13(15)17-14-10-9-11-5-1-2-6-12(11)16(14)20-18-21-22-23-24(17)18/h1-8,17H,9-10H2,(H,20,21,23). The third-order valence-corrected chi connectivity index (χ3v) is 4.78. The molecule has 118 valence electrons. The number of aryl methyl sites for hydroxylation is 1. The highest BCUT2D eigenvalue weighted by molar-refractivity contribution is 5.82. The summed E-state index contributed by atoms with van der Waals surface area (Å²) in [6.45, 7) is 0. The van der Waals surface area contributed by atoms with Gasteiger partial charge in [0.1, 0.15) is 11.9 Å². The van der Waals surface area contributed by atoms with Crippen molar-refractivity contribution in [2.24, 2.45) is 0 Å². The molecule has 3 aromatic rings. The van der Waals surface area contributed by atoms with Crippen LogP contribution < -0.4 is 5.32 Å². The van der Waals surface area contributed by atoms with E-state index in [0.29, 0.717) is 11.5 Å². The Bertz CT molecular complexity index is 975. The third-order valence-electron chi connectivity index (χ3n) is 4.78. The first-order valence-corrected chi connectivity index (χ1v) is 7.93. The zero-order chi connectivity index (χ0) is 16.1. The fourth-order valence-corrected chi connectivity index (χ4v) is 3.70. The van der Waals surface area contributed by atoms with E-state index in [1.807, 2.05) is 24.3 Å². The SMILES string of the molecule is Fc1ccccc1C1C2=C(Nc3nnnn31)c1ccccc1CC2. The quantitative estimate of drug-likeness (QED) is 0.748. The Balaban J connectivity index is 1.77. The molecule has 0 saturated carbocycles. The van der Waals surface area contributed by atoms with Crippen LogP contribution in [0.25, 0.3) is 5.70 Å². The highest BCUT2D eigenvalue weighted by Crippen LogP contribution is 2.43. The van der Waals surface area contributed by atoms with Crippen LogP contribution in [0.15, 0.2) is 54.1 Å². The van der Waals surface area contributed by atoms with Gasteiger partial charge in [-0.05, 0) is 40.5 Å². The zero-order valence-corrected chi connectivity index (χ0v) is 12.8. The number of nitrogens with one attached hydrogen (secondary N) is 1. The van der Waals surface area contributed by atoms with Gasteiger partial charge in [-0.1, -0.05) is 47.6 Å². The Kier molecular flexibility index (Phi) is 2.79. The maximum Gasteiger partial charge on any atom is 0.248 e. The van der Waals surface area contributed by atoms with Gasteiger partial charge in [-0.2, -0.15) is 4.68 Å². The smallest absolute Gasteiger partial charge is 0.248 e. The number of aromatic nitrogens is 4. The summed E-state index contributed by atoms with van der Waals surface area (Å²) < 4.78 is 16.2. The van der Waals surface area contributed by atoms with Crippen LogP contribution in [-0.2, 0) is 6.42 Å². The van der Waals surface area contributed by atoms with Crippen LogP contribution in [0.5, 0.6) is 0 Å². The van der Waals surface area contributed by atoms with Crippen LogP contribution in [-0.4, -0.2) is 20.2 Å². The molecule has 2 heterocycles. The van der Waals surface area contributed by atoms with E-state index in [1.165, 1.54) is 11.6 Å². The number of hydrogen-bond donors (Lipinski definition) is 1. The second kappa shape index (κ2) is 4.99. The van der Waals surface area contributed by atoms with Crippen molar-refractivity contribution in [3.63, 3.8) is 0 Å². The van der Waals surface area contributed by atoms with Gasteiger partial charge in [-0.25, -0.2) is 4.39 Å². The number of allylic oxidation sites excluding steroid dienone is 1. The zero-order valence-electron chi connectivity index (χ0n) is 12.8. The number of benzene rings is 2. The predicted octanol–water partition coefficient (Wildman–Crippen LogP) is 3.18. The minimum Gasteiger partial charge on any atom is -0.322 e. The van der Waals surface area contributed by atoms with Crippen molar-refractivity contribution in [1.82, 2.24) is 20.2 Å². The first kappa shape index (κ1) is 13.4. The second-order valence-electron chi connectivity index (χ2n) is 6.05. The van der Waals surface area contributed by atoms with E-state index in [2.05, 4.69) is 33.0 Å². The molecule has 0 saturated heterocycles. The van der Waals surface area contributed by atoms with E-state index in [4.69, 9.17) is 0 Å². The lowest BCUT2D eigenvalue weighted by atomic mass is 9.83. The molecule has 2 aliphatic rings. The normalized spacial score (nSPS) is 18.5. The molecule has 6 heteroatoms. The van der Waals surface area contributed by atoms with Gasteiger partial charge in [0.2, 0.25) is 5.95 Å². The summed E-state index contributed by atoms with van der Waals surface area (Å²) in [6, 6.07) is 14.8. The van der Waals surface area contributed by atoms with E-state index in [0.717, 1.165) is 29.7 Å². The monoisotopic (exact) mass is 319 g/mol. The molecule has 1 aromatic heterocycles. The van der Waals surface area contributed by atoms with Crippen molar-refractivity contribution < 1.29 is 4.39 Å². The Labute approximate surface area is 137 Å². The summed E-state index contributed by atoms with van der Waals surface area (Å²) in [6.07, 6.45) is 1.77. The third kappa shape index (κ3) is 1.83. The van der Waals surface area contributed by atoms with Gasteiger partial charge in [0, 0.05) is 11.1 Å². The summed E-state index contributed by atoms with van der Waals surface area (Å²) in [7, 11) is 0. The van der Waals surface area contributed by atoms with E-state index in [9.17, 15) is 4.39 Å². The summed E-state index contributed by atoms with van der Waals surface area (Å²) in [5.74, 6) is 0.301. The highest BCUT2D eigenvalue weighted by Gasteiger charge is 2.35. The first-order valence-electron chi connectivity index (χ1n) is 7.93. The molecule has 0 amide bonds. The molecule has 1 aliphatic carbocycles. The number of halogens is 1. The molecule has 1 unspecified atom stereocenters. The van der Waals surface area contributed by atoms with Crippen molar-refractivity contribution >= 4 is 11.6 Å². The summed E-state index contributed by atoms with van der Waals surface area (Å²) in [5.41, 5.74) is 5.16. The summed E-state index contributed by atoms with van der Waals surface area (Å²) in [4.78, 5) is 0. The molecule has 5 rings (SSSR count). The Morgan fingerprint density at radius 3 is 2.79 bits per heavy atom. The highest BCUT2D eigenvalue weighted by atomic mass is 19.1. The predicted molar refractivity (Wildman–Crippen MR) is 87.7 cm³/mol. The van der Waals surface area contributed by atoms with Gasteiger partial charge < -0.3 is 5.32 Å². The van der Waals surface area contributed by atoms with Crippen molar-refractivity contribution in [2.75, 3.05) is 5.32 Å². The minimum absolute atomic E-state index is 0.239. The molecule has 5 nitrogen and oxygen atoms in total. The van der Waals surface area contributed by atoms with Crippen LogP contribution in [0.2, 0.25) is 0 Å². The minimum atomic E-state index is -0.319. The summed E-state index contributed by atoms with van der Waals surface area (Å²) >= 11 is 0. The number of rotatable bonds is 1. The van der Waals surface area contributed by atoms with E-state index in [1.54, 1.807) is 10.7 Å². The van der Waals surface area contributed by atoms with Crippen molar-refractivity contribution in [2.45, 2.75) is 18.9 Å². The first-order chi connectivity index (χ1) is 11.8. The number of nitrogens with zero attached hydrogens (tertiary/aromatic N) is 4. The number of fused-ring (bicyclic) bond motifs is 3. The van der Waals surface area contributed by atoms with Crippen molar-refractivity contribution in [3.05, 3.63) is 76.6 Å². The Morgan fingerprint density at radius 2 is 1.88 bits per heavy atom. The van der Waals surface area contributed by atoms with Crippen LogP contribution in [0.3, 0.4) is 0 Å². The average Bonchev–Trinajstić information content (AvgIpc) is 3.08.